The fraction of sp³-hybridized carbons (Fsp3) is 1.00. The fourth-order valence-electron chi connectivity index (χ4n) is 2.38. The van der Waals surface area contributed by atoms with Gasteiger partial charge >= 0.3 is 0 Å². The largest absolute Gasteiger partial charge is 0.382 e. The van der Waals surface area contributed by atoms with Crippen molar-refractivity contribution in [3.8, 4) is 0 Å². The van der Waals surface area contributed by atoms with Crippen LogP contribution in [-0.4, -0.2) is 52.9 Å². The molecule has 0 aliphatic carbocycles. The van der Waals surface area contributed by atoms with Gasteiger partial charge in [0.2, 0.25) is 0 Å². The van der Waals surface area contributed by atoms with Crippen molar-refractivity contribution < 1.29 is 18.9 Å². The summed E-state index contributed by atoms with van der Waals surface area (Å²) in [5.74, 6) is 0. The molecule has 0 aromatic rings. The molecule has 0 rings (SSSR count). The van der Waals surface area contributed by atoms with E-state index in [1.807, 2.05) is 0 Å². The van der Waals surface area contributed by atoms with E-state index in [9.17, 15) is 0 Å². The Bertz CT molecular complexity index is 212. The van der Waals surface area contributed by atoms with Crippen LogP contribution in [0.25, 0.3) is 0 Å². The van der Waals surface area contributed by atoms with E-state index >= 15 is 0 Å². The zero-order valence-electron chi connectivity index (χ0n) is 15.8. The molecule has 140 valence electrons. The van der Waals surface area contributed by atoms with E-state index in [1.54, 1.807) is 7.11 Å². The first-order valence-electron chi connectivity index (χ1n) is 9.57. The van der Waals surface area contributed by atoms with Crippen molar-refractivity contribution in [3.05, 3.63) is 0 Å². The predicted octanol–water partition coefficient (Wildman–Crippen LogP) is 4.60. The molecule has 0 amide bonds. The smallest absolute Gasteiger partial charge is 0.0701 e. The third-order valence-electron chi connectivity index (χ3n) is 3.85. The first kappa shape index (κ1) is 22.8. The molecule has 1 atom stereocenters. The third kappa shape index (κ3) is 19.8. The molecule has 0 aliphatic rings. The molecule has 0 bridgehead atoms. The molecule has 0 aromatic carbocycles. The van der Waals surface area contributed by atoms with Crippen LogP contribution >= 0.6 is 0 Å². The molecule has 0 saturated heterocycles. The van der Waals surface area contributed by atoms with Gasteiger partial charge in [0.05, 0.1) is 32.5 Å². The van der Waals surface area contributed by atoms with Crippen LogP contribution in [0.15, 0.2) is 0 Å². The zero-order chi connectivity index (χ0) is 17.0. The highest BCUT2D eigenvalue weighted by Crippen LogP contribution is 2.11. The van der Waals surface area contributed by atoms with Crippen LogP contribution in [0.1, 0.15) is 71.6 Å². The SMILES string of the molecule is CCCCCCCCCC(C)OCCCOCCOCCOC. The first-order chi connectivity index (χ1) is 11.3. The minimum absolute atomic E-state index is 0.378. The Balaban J connectivity index is 3.11. The van der Waals surface area contributed by atoms with Gasteiger partial charge in [-0.1, -0.05) is 51.9 Å². The Labute approximate surface area is 144 Å². The first-order valence-corrected chi connectivity index (χ1v) is 9.57. The van der Waals surface area contributed by atoms with E-state index in [-0.39, 0.29) is 0 Å². The molecule has 23 heavy (non-hydrogen) atoms. The van der Waals surface area contributed by atoms with Gasteiger partial charge in [-0.3, -0.25) is 0 Å². The van der Waals surface area contributed by atoms with Gasteiger partial charge in [-0.05, 0) is 19.8 Å². The van der Waals surface area contributed by atoms with Crippen molar-refractivity contribution in [2.24, 2.45) is 0 Å². The van der Waals surface area contributed by atoms with Crippen LogP contribution in [0.3, 0.4) is 0 Å². The highest BCUT2D eigenvalue weighted by Gasteiger charge is 2.02. The second-order valence-corrected chi connectivity index (χ2v) is 6.16. The maximum atomic E-state index is 5.82. The monoisotopic (exact) mass is 332 g/mol. The minimum atomic E-state index is 0.378. The summed E-state index contributed by atoms with van der Waals surface area (Å²) in [4.78, 5) is 0. The van der Waals surface area contributed by atoms with Crippen molar-refractivity contribution in [3.63, 3.8) is 0 Å². The van der Waals surface area contributed by atoms with Gasteiger partial charge in [0, 0.05) is 20.3 Å². The van der Waals surface area contributed by atoms with Crippen LogP contribution < -0.4 is 0 Å². The molecule has 4 heteroatoms. The lowest BCUT2D eigenvalue weighted by atomic mass is 10.1. The third-order valence-corrected chi connectivity index (χ3v) is 3.85. The number of rotatable bonds is 19. The summed E-state index contributed by atoms with van der Waals surface area (Å²) in [6.45, 7) is 8.56. The number of ether oxygens (including phenoxy) is 4. The molecule has 4 nitrogen and oxygen atoms in total. The van der Waals surface area contributed by atoms with E-state index in [4.69, 9.17) is 18.9 Å². The second-order valence-electron chi connectivity index (χ2n) is 6.16. The molecular weight excluding hydrogens is 292 g/mol. The minimum Gasteiger partial charge on any atom is -0.382 e. The predicted molar refractivity (Wildman–Crippen MR) is 96.2 cm³/mol. The van der Waals surface area contributed by atoms with Gasteiger partial charge in [-0.25, -0.2) is 0 Å². The van der Waals surface area contributed by atoms with Crippen LogP contribution in [0.5, 0.6) is 0 Å². The van der Waals surface area contributed by atoms with Gasteiger partial charge in [0.25, 0.3) is 0 Å². The average molecular weight is 333 g/mol. The van der Waals surface area contributed by atoms with Gasteiger partial charge in [-0.15, -0.1) is 0 Å². The quantitative estimate of drug-likeness (QED) is 0.324. The summed E-state index contributed by atoms with van der Waals surface area (Å²) in [5, 5.41) is 0. The lowest BCUT2D eigenvalue weighted by Crippen LogP contribution is -2.12. The lowest BCUT2D eigenvalue weighted by Gasteiger charge is -2.13. The molecule has 0 spiro atoms. The van der Waals surface area contributed by atoms with Crippen molar-refractivity contribution in [1.82, 2.24) is 0 Å². The maximum Gasteiger partial charge on any atom is 0.0701 e. The van der Waals surface area contributed by atoms with Gasteiger partial charge < -0.3 is 18.9 Å². The highest BCUT2D eigenvalue weighted by atomic mass is 16.5. The summed E-state index contributed by atoms with van der Waals surface area (Å²) in [6, 6.07) is 0. The van der Waals surface area contributed by atoms with E-state index in [0.29, 0.717) is 32.5 Å². The summed E-state index contributed by atoms with van der Waals surface area (Å²) >= 11 is 0. The Kier molecular flexibility index (Phi) is 19.7. The Hall–Kier alpha value is -0.160. The summed E-state index contributed by atoms with van der Waals surface area (Å²) in [6.07, 6.45) is 12.1. The lowest BCUT2D eigenvalue weighted by molar-refractivity contribution is 0.00969. The fourth-order valence-corrected chi connectivity index (χ4v) is 2.38. The molecule has 0 aromatic heterocycles. The molecule has 0 radical (unpaired) electrons. The topological polar surface area (TPSA) is 36.9 Å². The maximum absolute atomic E-state index is 5.82. The summed E-state index contributed by atoms with van der Waals surface area (Å²) in [7, 11) is 1.68. The van der Waals surface area contributed by atoms with E-state index in [0.717, 1.165) is 19.6 Å². The van der Waals surface area contributed by atoms with Crippen molar-refractivity contribution >= 4 is 0 Å². The number of methoxy groups -OCH3 is 1. The van der Waals surface area contributed by atoms with Crippen LogP contribution in [-0.2, 0) is 18.9 Å². The number of unbranched alkanes of at least 4 members (excludes halogenated alkanes) is 6. The molecule has 0 heterocycles. The molecular formula is C19H40O4. The van der Waals surface area contributed by atoms with E-state index < -0.39 is 0 Å². The average Bonchev–Trinajstić information content (AvgIpc) is 2.55. The highest BCUT2D eigenvalue weighted by molar-refractivity contribution is 4.52. The molecule has 0 saturated carbocycles. The molecule has 0 N–H and O–H groups in total. The second kappa shape index (κ2) is 19.9. The molecule has 0 fully saturated rings. The van der Waals surface area contributed by atoms with Gasteiger partial charge in [-0.2, -0.15) is 0 Å². The Morgan fingerprint density at radius 2 is 1.26 bits per heavy atom. The normalized spacial score (nSPS) is 12.7. The Morgan fingerprint density at radius 3 is 1.96 bits per heavy atom. The van der Waals surface area contributed by atoms with Gasteiger partial charge in [0.15, 0.2) is 0 Å². The molecule has 1 unspecified atom stereocenters. The summed E-state index contributed by atoms with van der Waals surface area (Å²) < 4.78 is 21.5. The van der Waals surface area contributed by atoms with Gasteiger partial charge in [0.1, 0.15) is 0 Å². The van der Waals surface area contributed by atoms with Crippen molar-refractivity contribution in [2.75, 3.05) is 46.8 Å². The van der Waals surface area contributed by atoms with Crippen LogP contribution in [0.2, 0.25) is 0 Å². The van der Waals surface area contributed by atoms with Crippen molar-refractivity contribution in [1.29, 1.82) is 0 Å². The number of hydrogen-bond donors (Lipinski definition) is 0. The summed E-state index contributed by atoms with van der Waals surface area (Å²) in [5.41, 5.74) is 0. The van der Waals surface area contributed by atoms with Crippen molar-refractivity contribution in [2.45, 2.75) is 77.7 Å². The van der Waals surface area contributed by atoms with E-state index in [1.165, 1.54) is 51.4 Å². The van der Waals surface area contributed by atoms with E-state index in [2.05, 4.69) is 13.8 Å². The number of hydrogen-bond acceptors (Lipinski definition) is 4. The molecule has 0 aliphatic heterocycles. The zero-order valence-corrected chi connectivity index (χ0v) is 15.8. The van der Waals surface area contributed by atoms with Crippen LogP contribution in [0, 0.1) is 0 Å². The standard InChI is InChI=1S/C19H40O4/c1-4-5-6-7-8-9-10-12-19(2)23-14-11-13-21-17-18-22-16-15-20-3/h19H,4-18H2,1-3H3. The van der Waals surface area contributed by atoms with Crippen LogP contribution in [0.4, 0.5) is 0 Å². The Morgan fingerprint density at radius 1 is 0.652 bits per heavy atom.